The maximum atomic E-state index is 12.8. The number of rotatable bonds is 14. The number of aromatic nitrogens is 4. The minimum absolute atomic E-state index is 0.0374. The first kappa shape index (κ1) is 34.3. The molecule has 4 heterocycles. The van der Waals surface area contributed by atoms with E-state index in [1.54, 1.807) is 12.1 Å². The van der Waals surface area contributed by atoms with Crippen molar-refractivity contribution >= 4 is 52.2 Å². The Balaban J connectivity index is 1.19. The maximum absolute atomic E-state index is 12.8. The normalized spacial score (nSPS) is 22.8. The molecule has 1 saturated carbocycles. The van der Waals surface area contributed by atoms with Crippen molar-refractivity contribution in [2.24, 2.45) is 5.92 Å². The summed E-state index contributed by atoms with van der Waals surface area (Å²) >= 11 is 6.22. The van der Waals surface area contributed by atoms with E-state index in [9.17, 15) is 34.8 Å². The molecule has 49 heavy (non-hydrogen) atoms. The second-order valence-electron chi connectivity index (χ2n) is 12.4. The van der Waals surface area contributed by atoms with Crippen LogP contribution in [-0.4, -0.2) is 120 Å². The van der Waals surface area contributed by atoms with Gasteiger partial charge in [0.05, 0.1) is 19.5 Å². The number of carboxylic acids is 2. The van der Waals surface area contributed by atoms with E-state index in [-0.39, 0.29) is 30.9 Å². The van der Waals surface area contributed by atoms with Gasteiger partial charge < -0.3 is 40.1 Å². The van der Waals surface area contributed by atoms with E-state index < -0.39 is 48.5 Å². The molecular formula is C32H36ClN7O9. The first-order valence-corrected chi connectivity index (χ1v) is 16.2. The van der Waals surface area contributed by atoms with Crippen LogP contribution >= 0.6 is 11.6 Å². The lowest BCUT2D eigenvalue weighted by Gasteiger charge is -2.35. The average molecular weight is 698 g/mol. The fourth-order valence-electron chi connectivity index (χ4n) is 6.09. The Labute approximate surface area is 285 Å². The number of aliphatic carboxylic acids is 2. The monoisotopic (exact) mass is 697 g/mol. The van der Waals surface area contributed by atoms with Crippen molar-refractivity contribution in [1.29, 1.82) is 0 Å². The van der Waals surface area contributed by atoms with Gasteiger partial charge in [0.25, 0.3) is 5.60 Å². The number of fused-ring (bicyclic) bond motifs is 1. The van der Waals surface area contributed by atoms with Crippen molar-refractivity contribution in [3.63, 3.8) is 0 Å². The SMILES string of the molecule is C#C[C@]1(O)C[C@H](n2cnc3c(NCC4CC4)nc(Cl)nc32)O[C@@H]1COC(Cc1ccc(N2CCCN(CCO)C2=O)cc1)(C(=O)O)C(=O)O. The van der Waals surface area contributed by atoms with Gasteiger partial charge in [0.1, 0.15) is 12.3 Å². The molecule has 2 aliphatic heterocycles. The molecule has 16 nitrogen and oxygen atoms in total. The van der Waals surface area contributed by atoms with Gasteiger partial charge in [-0.3, -0.25) is 9.47 Å². The number of hydrogen-bond donors (Lipinski definition) is 5. The van der Waals surface area contributed by atoms with Gasteiger partial charge in [-0.2, -0.15) is 9.97 Å². The summed E-state index contributed by atoms with van der Waals surface area (Å²) in [5.74, 6) is -0.261. The Morgan fingerprint density at radius 2 is 1.92 bits per heavy atom. The van der Waals surface area contributed by atoms with E-state index in [1.165, 1.54) is 32.8 Å². The number of aliphatic hydroxyl groups excluding tert-OH is 1. The van der Waals surface area contributed by atoms with Gasteiger partial charge in [-0.25, -0.2) is 19.4 Å². The van der Waals surface area contributed by atoms with E-state index >= 15 is 0 Å². The summed E-state index contributed by atoms with van der Waals surface area (Å²) in [6.45, 7) is 1.02. The second kappa shape index (κ2) is 13.8. The molecule has 2 saturated heterocycles. The Kier molecular flexibility index (Phi) is 9.65. The standard InChI is InChI=1S/C32H36ClN7O9/c1-2-31(47)15-23(40-18-35-24-25(34-16-20-4-5-20)36-29(33)37-26(24)40)49-22(31)17-48-32(27(42)43,28(44)45)14-19-6-8-21(9-7-19)39-11-3-10-38(12-13-41)30(39)46/h1,6-9,18,20,22-23,41,47H,3-5,10-17H2,(H,42,43)(H,44,45)(H,34,36,37)/t22-,23-,31+/m1/s1. The zero-order valence-electron chi connectivity index (χ0n) is 26.4. The molecule has 2 aromatic heterocycles. The molecule has 260 valence electrons. The number of carbonyl (C=O) groups excluding carboxylic acids is 1. The number of benzene rings is 1. The molecule has 1 aliphatic carbocycles. The minimum atomic E-state index is -2.78. The average Bonchev–Trinajstić information content (AvgIpc) is 3.72. The minimum Gasteiger partial charge on any atom is -0.479 e. The number of anilines is 2. The quantitative estimate of drug-likeness (QED) is 0.0924. The number of urea groups is 1. The Hall–Kier alpha value is -4.53. The number of carboxylic acid groups (broad SMARTS) is 2. The Morgan fingerprint density at radius 3 is 2.57 bits per heavy atom. The van der Waals surface area contributed by atoms with Crippen LogP contribution in [0.15, 0.2) is 30.6 Å². The van der Waals surface area contributed by atoms with Gasteiger partial charge in [-0.15, -0.1) is 6.42 Å². The third kappa shape index (κ3) is 6.85. The van der Waals surface area contributed by atoms with Crippen molar-refractivity contribution < 1.29 is 44.3 Å². The molecule has 3 atom stereocenters. The first-order valence-electron chi connectivity index (χ1n) is 15.8. The van der Waals surface area contributed by atoms with Crippen molar-refractivity contribution in [2.45, 2.75) is 55.6 Å². The van der Waals surface area contributed by atoms with Gasteiger partial charge in [0.15, 0.2) is 22.6 Å². The third-order valence-electron chi connectivity index (χ3n) is 9.10. The van der Waals surface area contributed by atoms with E-state index in [0.717, 1.165) is 12.8 Å². The molecule has 3 aliphatic rings. The fourth-order valence-corrected chi connectivity index (χ4v) is 6.26. The van der Waals surface area contributed by atoms with Gasteiger partial charge in [0.2, 0.25) is 5.28 Å². The maximum Gasteiger partial charge on any atom is 0.348 e. The van der Waals surface area contributed by atoms with Crippen molar-refractivity contribution in [3.8, 4) is 12.3 Å². The largest absolute Gasteiger partial charge is 0.479 e. The number of β-amino-alcohol motifs (C(OH)–C–C–N with tert-alkyl or cyclic N) is 1. The summed E-state index contributed by atoms with van der Waals surface area (Å²) < 4.78 is 13.2. The number of nitrogens with one attached hydrogen (secondary N) is 1. The lowest BCUT2D eigenvalue weighted by Crippen LogP contribution is -2.53. The van der Waals surface area contributed by atoms with Crippen LogP contribution in [0, 0.1) is 18.3 Å². The number of carbonyl (C=O) groups is 3. The number of ether oxygens (including phenoxy) is 2. The number of imidazole rings is 1. The lowest BCUT2D eigenvalue weighted by atomic mass is 9.93. The van der Waals surface area contributed by atoms with E-state index in [4.69, 9.17) is 27.5 Å². The highest BCUT2D eigenvalue weighted by Gasteiger charge is 2.53. The van der Waals surface area contributed by atoms with Crippen LogP contribution in [0.5, 0.6) is 0 Å². The summed E-state index contributed by atoms with van der Waals surface area (Å²) in [7, 11) is 0. The summed E-state index contributed by atoms with van der Waals surface area (Å²) in [5, 5.41) is 44.2. The van der Waals surface area contributed by atoms with E-state index in [1.807, 2.05) is 0 Å². The van der Waals surface area contributed by atoms with Crippen LogP contribution < -0.4 is 10.2 Å². The van der Waals surface area contributed by atoms with E-state index in [0.29, 0.717) is 60.2 Å². The number of hydrogen-bond acceptors (Lipinski definition) is 11. The highest BCUT2D eigenvalue weighted by Crippen LogP contribution is 2.39. The lowest BCUT2D eigenvalue weighted by molar-refractivity contribution is -0.191. The van der Waals surface area contributed by atoms with Crippen molar-refractivity contribution in [3.05, 3.63) is 41.4 Å². The van der Waals surface area contributed by atoms with Crippen LogP contribution in [0.25, 0.3) is 11.2 Å². The highest BCUT2D eigenvalue weighted by atomic mass is 35.5. The molecule has 0 bridgehead atoms. The van der Waals surface area contributed by atoms with Crippen molar-refractivity contribution in [1.82, 2.24) is 24.4 Å². The molecule has 0 unspecified atom stereocenters. The predicted molar refractivity (Wildman–Crippen MR) is 174 cm³/mol. The number of nitrogens with zero attached hydrogens (tertiary/aromatic N) is 6. The molecule has 0 radical (unpaired) electrons. The molecular weight excluding hydrogens is 662 g/mol. The molecule has 6 rings (SSSR count). The number of amides is 2. The molecule has 3 aromatic rings. The summed E-state index contributed by atoms with van der Waals surface area (Å²) in [5.41, 5.74) is -3.18. The highest BCUT2D eigenvalue weighted by molar-refractivity contribution is 6.28. The summed E-state index contributed by atoms with van der Waals surface area (Å²) in [4.78, 5) is 54.0. The van der Waals surface area contributed by atoms with E-state index in [2.05, 4.69) is 26.2 Å². The predicted octanol–water partition coefficient (Wildman–Crippen LogP) is 1.75. The molecule has 5 N–H and O–H groups in total. The number of aliphatic hydroxyl groups is 2. The van der Waals surface area contributed by atoms with Crippen LogP contribution in [-0.2, 0) is 25.5 Å². The Bertz CT molecular complexity index is 1760. The van der Waals surface area contributed by atoms with Gasteiger partial charge in [-0.1, -0.05) is 18.1 Å². The van der Waals surface area contributed by atoms with Crippen LogP contribution in [0.4, 0.5) is 16.3 Å². The third-order valence-corrected chi connectivity index (χ3v) is 9.27. The fraction of sp³-hybridized carbons (Fsp3) is 0.500. The molecule has 1 aromatic carbocycles. The van der Waals surface area contributed by atoms with Crippen LogP contribution in [0.2, 0.25) is 5.28 Å². The number of terminal acetylenes is 1. The molecule has 0 spiro atoms. The van der Waals surface area contributed by atoms with Crippen molar-refractivity contribution in [2.75, 3.05) is 49.6 Å². The topological polar surface area (TPSA) is 213 Å². The molecule has 2 amide bonds. The van der Waals surface area contributed by atoms with Gasteiger partial charge in [-0.05, 0) is 54.5 Å². The number of halogens is 1. The van der Waals surface area contributed by atoms with Gasteiger partial charge >= 0.3 is 18.0 Å². The summed E-state index contributed by atoms with van der Waals surface area (Å²) in [6.07, 6.45) is 7.04. The zero-order valence-corrected chi connectivity index (χ0v) is 27.1. The smallest absolute Gasteiger partial charge is 0.348 e. The molecule has 3 fully saturated rings. The van der Waals surface area contributed by atoms with Crippen LogP contribution in [0.1, 0.15) is 37.5 Å². The van der Waals surface area contributed by atoms with Gasteiger partial charge in [0, 0.05) is 44.7 Å². The molecule has 17 heteroatoms. The Morgan fingerprint density at radius 1 is 1.18 bits per heavy atom. The zero-order chi connectivity index (χ0) is 34.9. The summed E-state index contributed by atoms with van der Waals surface area (Å²) in [6, 6.07) is 5.93. The second-order valence-corrected chi connectivity index (χ2v) is 12.8. The van der Waals surface area contributed by atoms with Crippen LogP contribution in [0.3, 0.4) is 0 Å². The first-order chi connectivity index (χ1) is 23.5.